The molecule has 34 heavy (non-hydrogen) atoms. The lowest BCUT2D eigenvalue weighted by atomic mass is 9.75. The maximum atomic E-state index is 13.5. The van der Waals surface area contributed by atoms with E-state index in [4.69, 9.17) is 26.4 Å². The first-order chi connectivity index (χ1) is 16.4. The number of thiocarbonyl (C=S) groups is 1. The smallest absolute Gasteiger partial charge is 0.233 e. The zero-order valence-corrected chi connectivity index (χ0v) is 21.2. The standard InChI is InChI=1S/C24H30N2O6S2/c1-30-19-12-15-6-7-26(21(29)14-34-24(33)25-8-10-32-11-9-25)23(16(15)13-20(19)31-2)22-17(27)4-3-5-18(22)28/h12-13,22-23H,3-11,14H2,1-2H3/t23-/m0/s1. The third kappa shape index (κ3) is 5.08. The van der Waals surface area contributed by atoms with Crippen LogP contribution in [0.2, 0.25) is 0 Å². The van der Waals surface area contributed by atoms with Crippen molar-refractivity contribution in [3.8, 4) is 11.5 Å². The number of carbonyl (C=O) groups is 3. The van der Waals surface area contributed by atoms with Gasteiger partial charge in [-0.05, 0) is 36.1 Å². The Morgan fingerprint density at radius 2 is 1.71 bits per heavy atom. The molecule has 2 fully saturated rings. The van der Waals surface area contributed by atoms with Gasteiger partial charge in [-0.15, -0.1) is 0 Å². The van der Waals surface area contributed by atoms with Crippen LogP contribution in [0.4, 0.5) is 0 Å². The van der Waals surface area contributed by atoms with Crippen LogP contribution in [0.25, 0.3) is 0 Å². The molecule has 0 unspecified atom stereocenters. The van der Waals surface area contributed by atoms with Crippen LogP contribution >= 0.6 is 24.0 Å². The van der Waals surface area contributed by atoms with E-state index in [9.17, 15) is 14.4 Å². The largest absolute Gasteiger partial charge is 0.493 e. The first-order valence-electron chi connectivity index (χ1n) is 11.5. The van der Waals surface area contributed by atoms with Gasteiger partial charge >= 0.3 is 0 Å². The summed E-state index contributed by atoms with van der Waals surface area (Å²) in [7, 11) is 3.12. The lowest BCUT2D eigenvalue weighted by Gasteiger charge is -2.42. The molecule has 0 aromatic heterocycles. The number of amides is 1. The molecule has 10 heteroatoms. The summed E-state index contributed by atoms with van der Waals surface area (Å²) in [6, 6.07) is 3.07. The fourth-order valence-corrected chi connectivity index (χ4v) is 6.08. The van der Waals surface area contributed by atoms with Crippen molar-refractivity contribution in [2.75, 3.05) is 52.8 Å². The van der Waals surface area contributed by atoms with Crippen molar-refractivity contribution in [3.63, 3.8) is 0 Å². The second-order valence-electron chi connectivity index (χ2n) is 8.61. The Kier molecular flexibility index (Phi) is 8.10. The van der Waals surface area contributed by atoms with Crippen LogP contribution in [0, 0.1) is 5.92 Å². The Morgan fingerprint density at radius 1 is 1.06 bits per heavy atom. The van der Waals surface area contributed by atoms with Gasteiger partial charge in [0.2, 0.25) is 5.91 Å². The van der Waals surface area contributed by atoms with Crippen molar-refractivity contribution in [2.45, 2.75) is 31.7 Å². The Labute approximate surface area is 209 Å². The minimum atomic E-state index is -0.856. The van der Waals surface area contributed by atoms with Crippen LogP contribution in [0.3, 0.4) is 0 Å². The highest BCUT2D eigenvalue weighted by Gasteiger charge is 2.44. The van der Waals surface area contributed by atoms with E-state index < -0.39 is 12.0 Å². The topological polar surface area (TPSA) is 85.4 Å². The molecule has 3 aliphatic rings. The predicted molar refractivity (Wildman–Crippen MR) is 133 cm³/mol. The van der Waals surface area contributed by atoms with Crippen molar-refractivity contribution in [2.24, 2.45) is 5.92 Å². The summed E-state index contributed by atoms with van der Waals surface area (Å²) in [5, 5.41) is 0. The zero-order chi connectivity index (χ0) is 24.2. The fraction of sp³-hybridized carbons (Fsp3) is 0.583. The van der Waals surface area contributed by atoms with E-state index in [1.807, 2.05) is 17.0 Å². The van der Waals surface area contributed by atoms with Gasteiger partial charge in [-0.1, -0.05) is 24.0 Å². The van der Waals surface area contributed by atoms with Crippen LogP contribution in [-0.4, -0.2) is 84.4 Å². The van der Waals surface area contributed by atoms with E-state index in [0.29, 0.717) is 74.4 Å². The average molecular weight is 507 g/mol. The van der Waals surface area contributed by atoms with Gasteiger partial charge in [-0.3, -0.25) is 14.4 Å². The molecule has 1 aromatic rings. The maximum Gasteiger partial charge on any atom is 0.233 e. The number of ketones is 2. The molecule has 1 saturated carbocycles. The van der Waals surface area contributed by atoms with Gasteiger partial charge in [-0.25, -0.2) is 0 Å². The van der Waals surface area contributed by atoms with Gasteiger partial charge in [0.05, 0.1) is 39.2 Å². The molecule has 0 bridgehead atoms. The van der Waals surface area contributed by atoms with Gasteiger partial charge < -0.3 is 24.0 Å². The first kappa shape index (κ1) is 24.9. The number of carbonyl (C=O) groups excluding carboxylic acids is 3. The van der Waals surface area contributed by atoms with Crippen LogP contribution in [0.15, 0.2) is 12.1 Å². The molecule has 0 spiro atoms. The molecular formula is C24H30N2O6S2. The third-order valence-electron chi connectivity index (χ3n) is 6.69. The monoisotopic (exact) mass is 506 g/mol. The highest BCUT2D eigenvalue weighted by Crippen LogP contribution is 2.43. The summed E-state index contributed by atoms with van der Waals surface area (Å²) < 4.78 is 17.0. The molecule has 1 amide bonds. The molecule has 2 aliphatic heterocycles. The molecule has 4 rings (SSSR count). The van der Waals surface area contributed by atoms with E-state index >= 15 is 0 Å². The molecular weight excluding hydrogens is 476 g/mol. The number of methoxy groups -OCH3 is 2. The lowest BCUT2D eigenvalue weighted by molar-refractivity contribution is -0.142. The summed E-state index contributed by atoms with van der Waals surface area (Å²) in [5.74, 6) is 0.0796. The maximum absolute atomic E-state index is 13.5. The Bertz CT molecular complexity index is 962. The highest BCUT2D eigenvalue weighted by atomic mass is 32.2. The molecule has 184 valence electrons. The third-order valence-corrected chi connectivity index (χ3v) is 8.19. The van der Waals surface area contributed by atoms with Gasteiger partial charge in [0.1, 0.15) is 21.8 Å². The van der Waals surface area contributed by atoms with Gasteiger partial charge in [0, 0.05) is 32.5 Å². The Balaban J connectivity index is 1.62. The van der Waals surface area contributed by atoms with Gasteiger partial charge in [0.15, 0.2) is 11.5 Å². The summed E-state index contributed by atoms with van der Waals surface area (Å²) in [6.45, 7) is 3.10. The lowest BCUT2D eigenvalue weighted by Crippen LogP contribution is -2.49. The van der Waals surface area contributed by atoms with E-state index in [2.05, 4.69) is 0 Å². The normalized spacial score (nSPS) is 21.3. The molecule has 8 nitrogen and oxygen atoms in total. The summed E-state index contributed by atoms with van der Waals surface area (Å²) in [6.07, 6.45) is 1.88. The van der Waals surface area contributed by atoms with E-state index in [-0.39, 0.29) is 23.2 Å². The minimum Gasteiger partial charge on any atom is -0.493 e. The van der Waals surface area contributed by atoms with Crippen molar-refractivity contribution in [1.82, 2.24) is 9.80 Å². The number of Topliss-reactive ketones (excluding diaryl/α,β-unsaturated/α-hetero) is 2. The second kappa shape index (κ2) is 11.0. The molecule has 1 atom stereocenters. The Morgan fingerprint density at radius 3 is 2.35 bits per heavy atom. The molecule has 1 saturated heterocycles. The average Bonchev–Trinajstić information content (AvgIpc) is 2.86. The number of hydrogen-bond acceptors (Lipinski definition) is 8. The number of fused-ring (bicyclic) bond motifs is 1. The van der Waals surface area contributed by atoms with Crippen molar-refractivity contribution >= 4 is 45.8 Å². The van der Waals surface area contributed by atoms with Crippen LogP contribution in [0.1, 0.15) is 36.4 Å². The summed E-state index contributed by atoms with van der Waals surface area (Å²) in [4.78, 5) is 43.2. The van der Waals surface area contributed by atoms with Crippen molar-refractivity contribution < 1.29 is 28.6 Å². The number of hydrogen-bond donors (Lipinski definition) is 0. The summed E-state index contributed by atoms with van der Waals surface area (Å²) in [5.41, 5.74) is 1.75. The van der Waals surface area contributed by atoms with E-state index in [1.165, 1.54) is 11.8 Å². The fourth-order valence-electron chi connectivity index (χ4n) is 4.94. The van der Waals surface area contributed by atoms with Gasteiger partial charge in [-0.2, -0.15) is 0 Å². The van der Waals surface area contributed by atoms with Crippen LogP contribution in [-0.2, 0) is 25.5 Å². The number of morpholine rings is 1. The Hall–Kier alpha value is -2.17. The predicted octanol–water partition coefficient (Wildman–Crippen LogP) is 2.42. The first-order valence-corrected chi connectivity index (χ1v) is 12.9. The molecule has 0 radical (unpaired) electrons. The second-order valence-corrected chi connectivity index (χ2v) is 10.2. The zero-order valence-electron chi connectivity index (χ0n) is 19.5. The molecule has 0 N–H and O–H groups in total. The molecule has 1 aliphatic carbocycles. The molecule has 2 heterocycles. The van der Waals surface area contributed by atoms with Crippen LogP contribution in [0.5, 0.6) is 11.5 Å². The number of rotatable bonds is 5. The van der Waals surface area contributed by atoms with Gasteiger partial charge in [0.25, 0.3) is 0 Å². The number of benzene rings is 1. The quantitative estimate of drug-likeness (QED) is 0.441. The summed E-state index contributed by atoms with van der Waals surface area (Å²) >= 11 is 6.86. The number of nitrogens with zero attached hydrogens (tertiary/aromatic N) is 2. The van der Waals surface area contributed by atoms with E-state index in [1.54, 1.807) is 19.1 Å². The van der Waals surface area contributed by atoms with Crippen molar-refractivity contribution in [3.05, 3.63) is 23.3 Å². The SMILES string of the molecule is COc1cc2c(cc1OC)[C@@H](C1C(=O)CCCC1=O)N(C(=O)CSC(=S)N1CCOCC1)CC2. The highest BCUT2D eigenvalue weighted by molar-refractivity contribution is 8.23. The number of thioether (sulfide) groups is 1. The number of ether oxygens (including phenoxy) is 3. The van der Waals surface area contributed by atoms with Crippen LogP contribution < -0.4 is 9.47 Å². The van der Waals surface area contributed by atoms with Crippen molar-refractivity contribution in [1.29, 1.82) is 0 Å². The van der Waals surface area contributed by atoms with E-state index in [0.717, 1.165) is 11.1 Å². The minimum absolute atomic E-state index is 0.0989. The molecule has 1 aromatic carbocycles.